The van der Waals surface area contributed by atoms with Gasteiger partial charge in [-0.15, -0.1) is 0 Å². The van der Waals surface area contributed by atoms with Crippen molar-refractivity contribution >= 4 is 27.6 Å². The Kier molecular flexibility index (Phi) is 5.52. The van der Waals surface area contributed by atoms with E-state index < -0.39 is 51.5 Å². The van der Waals surface area contributed by atoms with Crippen LogP contribution in [0.4, 0.5) is 0 Å². The van der Waals surface area contributed by atoms with Crippen LogP contribution in [0.1, 0.15) is 12.5 Å². The Labute approximate surface area is 162 Å². The summed E-state index contributed by atoms with van der Waals surface area (Å²) in [7, 11) is -2.56. The summed E-state index contributed by atoms with van der Waals surface area (Å²) in [6.07, 6.45) is -1.16. The molecule has 0 spiro atoms. The van der Waals surface area contributed by atoms with E-state index in [1.165, 1.54) is 14.0 Å². The topological polar surface area (TPSA) is 119 Å². The van der Waals surface area contributed by atoms with Crippen LogP contribution in [0, 0.1) is 0 Å². The summed E-state index contributed by atoms with van der Waals surface area (Å²) in [5, 5.41) is 1.42. The van der Waals surface area contributed by atoms with E-state index in [9.17, 15) is 22.8 Å². The summed E-state index contributed by atoms with van der Waals surface area (Å²) in [6.45, 7) is 0.972. The van der Waals surface area contributed by atoms with Crippen LogP contribution in [-0.4, -0.2) is 62.0 Å². The standard InChI is InChI=1S/C18H20N2O7S/c1-11(21)27-9-13-10-28(24,25)18-15(26-2)17(23)20(18)14(13)16(22)19-8-12-6-4-3-5-7-12/h3-7,15,18H,8-10H2,1-2H3,(H,19,22)/t15-,18+/m0/s1. The Morgan fingerprint density at radius 1 is 1.25 bits per heavy atom. The lowest BCUT2D eigenvalue weighted by Crippen LogP contribution is -2.71. The molecule has 0 aliphatic carbocycles. The zero-order chi connectivity index (χ0) is 20.5. The van der Waals surface area contributed by atoms with Gasteiger partial charge >= 0.3 is 5.97 Å². The molecule has 2 amide bonds. The van der Waals surface area contributed by atoms with Crippen molar-refractivity contribution in [1.29, 1.82) is 0 Å². The molecule has 0 saturated carbocycles. The molecule has 10 heteroatoms. The quantitative estimate of drug-likeness (QED) is 0.508. The molecule has 0 bridgehead atoms. The van der Waals surface area contributed by atoms with Crippen LogP contribution in [0.5, 0.6) is 0 Å². The minimum Gasteiger partial charge on any atom is -0.461 e. The molecule has 2 heterocycles. The van der Waals surface area contributed by atoms with Gasteiger partial charge in [0.05, 0.1) is 5.75 Å². The van der Waals surface area contributed by atoms with E-state index >= 15 is 0 Å². The lowest BCUT2D eigenvalue weighted by molar-refractivity contribution is -0.160. The normalized spacial score (nSPS) is 22.9. The first-order valence-corrected chi connectivity index (χ1v) is 10.2. The lowest BCUT2D eigenvalue weighted by atomic mass is 10.0. The number of nitrogens with one attached hydrogen (secondary N) is 1. The number of nitrogens with zero attached hydrogens (tertiary/aromatic N) is 1. The highest BCUT2D eigenvalue weighted by molar-refractivity contribution is 7.92. The number of benzene rings is 1. The Hall–Kier alpha value is -2.72. The van der Waals surface area contributed by atoms with Crippen molar-refractivity contribution in [2.45, 2.75) is 24.9 Å². The Morgan fingerprint density at radius 2 is 1.93 bits per heavy atom. The second kappa shape index (κ2) is 7.72. The van der Waals surface area contributed by atoms with Crippen molar-refractivity contribution in [3.63, 3.8) is 0 Å². The average Bonchev–Trinajstić information content (AvgIpc) is 2.65. The number of hydrogen-bond acceptors (Lipinski definition) is 7. The van der Waals surface area contributed by atoms with Gasteiger partial charge in [-0.05, 0) is 5.56 Å². The van der Waals surface area contributed by atoms with Crippen molar-refractivity contribution < 1.29 is 32.3 Å². The molecule has 28 heavy (non-hydrogen) atoms. The van der Waals surface area contributed by atoms with Crippen LogP contribution < -0.4 is 5.32 Å². The first-order chi connectivity index (χ1) is 13.3. The molecule has 1 N–H and O–H groups in total. The molecule has 3 rings (SSSR count). The predicted molar refractivity (Wildman–Crippen MR) is 97.2 cm³/mol. The van der Waals surface area contributed by atoms with Crippen LogP contribution in [-0.2, 0) is 40.2 Å². The largest absolute Gasteiger partial charge is 0.461 e. The number of carbonyl (C=O) groups is 3. The van der Waals surface area contributed by atoms with Gasteiger partial charge in [0.1, 0.15) is 12.3 Å². The van der Waals surface area contributed by atoms with Crippen LogP contribution in [0.25, 0.3) is 0 Å². The number of esters is 1. The zero-order valence-electron chi connectivity index (χ0n) is 15.4. The fraction of sp³-hybridized carbons (Fsp3) is 0.389. The minimum absolute atomic E-state index is 0.0555. The Morgan fingerprint density at radius 3 is 2.54 bits per heavy atom. The van der Waals surface area contributed by atoms with Gasteiger partial charge in [-0.2, -0.15) is 0 Å². The third-order valence-electron chi connectivity index (χ3n) is 4.53. The van der Waals surface area contributed by atoms with Gasteiger partial charge in [0.2, 0.25) is 0 Å². The van der Waals surface area contributed by atoms with E-state index in [1.54, 1.807) is 0 Å². The van der Waals surface area contributed by atoms with Crippen molar-refractivity contribution in [2.24, 2.45) is 0 Å². The molecule has 1 saturated heterocycles. The first-order valence-electron chi connectivity index (χ1n) is 8.51. The molecule has 150 valence electrons. The average molecular weight is 408 g/mol. The molecule has 0 radical (unpaired) electrons. The fourth-order valence-corrected chi connectivity index (χ4v) is 5.25. The highest BCUT2D eigenvalue weighted by Crippen LogP contribution is 2.38. The van der Waals surface area contributed by atoms with Gasteiger partial charge in [-0.1, -0.05) is 30.3 Å². The Bertz CT molecular complexity index is 940. The highest BCUT2D eigenvalue weighted by atomic mass is 32.2. The molecule has 0 aromatic heterocycles. The van der Waals surface area contributed by atoms with Gasteiger partial charge in [-0.25, -0.2) is 8.42 Å². The summed E-state index contributed by atoms with van der Waals surface area (Å²) in [5.74, 6) is -2.36. The van der Waals surface area contributed by atoms with E-state index in [4.69, 9.17) is 9.47 Å². The summed E-state index contributed by atoms with van der Waals surface area (Å²) in [5.41, 5.74) is 0.790. The lowest BCUT2D eigenvalue weighted by Gasteiger charge is -2.48. The smallest absolute Gasteiger partial charge is 0.302 e. The molecule has 2 aliphatic heterocycles. The van der Waals surface area contributed by atoms with E-state index in [-0.39, 0.29) is 17.8 Å². The number of carbonyl (C=O) groups excluding carboxylic acids is 3. The fourth-order valence-electron chi connectivity index (χ4n) is 3.24. The van der Waals surface area contributed by atoms with E-state index in [2.05, 4.69) is 5.32 Å². The van der Waals surface area contributed by atoms with Crippen molar-refractivity contribution in [3.05, 3.63) is 47.2 Å². The maximum absolute atomic E-state index is 12.8. The zero-order valence-corrected chi connectivity index (χ0v) is 16.2. The highest BCUT2D eigenvalue weighted by Gasteiger charge is 2.60. The van der Waals surface area contributed by atoms with E-state index in [0.717, 1.165) is 10.5 Å². The van der Waals surface area contributed by atoms with E-state index in [0.29, 0.717) is 0 Å². The maximum atomic E-state index is 12.8. The van der Waals surface area contributed by atoms with Gasteiger partial charge in [-0.3, -0.25) is 19.3 Å². The number of hydrogen-bond donors (Lipinski definition) is 1. The van der Waals surface area contributed by atoms with Gasteiger partial charge in [0.25, 0.3) is 11.8 Å². The van der Waals surface area contributed by atoms with Crippen molar-refractivity contribution in [2.75, 3.05) is 19.5 Å². The second-order valence-corrected chi connectivity index (χ2v) is 8.56. The summed E-state index contributed by atoms with van der Waals surface area (Å²) in [4.78, 5) is 37.3. The first kappa shape index (κ1) is 20.0. The second-order valence-electron chi connectivity index (χ2n) is 6.46. The number of amides is 2. The summed E-state index contributed by atoms with van der Waals surface area (Å²) < 4.78 is 35.0. The number of methoxy groups -OCH3 is 1. The van der Waals surface area contributed by atoms with Crippen LogP contribution in [0.15, 0.2) is 41.6 Å². The summed E-state index contributed by atoms with van der Waals surface area (Å²) in [6, 6.07) is 9.11. The number of β-lactam (4-membered cyclic amide) rings is 1. The van der Waals surface area contributed by atoms with Gasteiger partial charge < -0.3 is 14.8 Å². The SMILES string of the molecule is CO[C@H]1C(=O)N2C(C(=O)NCc3ccccc3)=C(COC(C)=O)CS(=O)(=O)[C@H]12. The van der Waals surface area contributed by atoms with Crippen LogP contribution in [0.2, 0.25) is 0 Å². The molecule has 2 aliphatic rings. The predicted octanol–water partition coefficient (Wildman–Crippen LogP) is -0.268. The van der Waals surface area contributed by atoms with Crippen LogP contribution in [0.3, 0.4) is 0 Å². The number of sulfone groups is 1. The molecular formula is C18H20N2O7S. The molecule has 1 aromatic rings. The number of rotatable bonds is 6. The van der Waals surface area contributed by atoms with Crippen molar-refractivity contribution in [3.8, 4) is 0 Å². The van der Waals surface area contributed by atoms with Crippen molar-refractivity contribution in [1.82, 2.24) is 10.2 Å². The molecular weight excluding hydrogens is 388 g/mol. The van der Waals surface area contributed by atoms with Gasteiger partial charge in [0.15, 0.2) is 21.3 Å². The minimum atomic E-state index is -3.80. The van der Waals surface area contributed by atoms with E-state index in [1.807, 2.05) is 30.3 Å². The molecule has 2 atom stereocenters. The monoisotopic (exact) mass is 408 g/mol. The molecule has 1 fully saturated rings. The van der Waals surface area contributed by atoms with Gasteiger partial charge in [0, 0.05) is 26.2 Å². The Balaban J connectivity index is 1.92. The third kappa shape index (κ3) is 3.65. The van der Waals surface area contributed by atoms with Crippen LogP contribution >= 0.6 is 0 Å². The molecule has 9 nitrogen and oxygen atoms in total. The third-order valence-corrected chi connectivity index (χ3v) is 6.47. The number of ether oxygens (including phenoxy) is 2. The molecule has 1 aromatic carbocycles. The summed E-state index contributed by atoms with van der Waals surface area (Å²) >= 11 is 0. The maximum Gasteiger partial charge on any atom is 0.302 e. The molecule has 0 unspecified atom stereocenters. The number of fused-ring (bicyclic) bond motifs is 1.